The van der Waals surface area contributed by atoms with Crippen molar-refractivity contribution < 1.29 is 4.79 Å². The van der Waals surface area contributed by atoms with Gasteiger partial charge in [-0.15, -0.1) is 6.58 Å². The van der Waals surface area contributed by atoms with Crippen LogP contribution in [-0.2, 0) is 0 Å². The fourth-order valence-corrected chi connectivity index (χ4v) is 1.80. The SMILES string of the molecule is C=CCNC(=O)N(S)c1cc(C)c(C)cc1C. The predicted octanol–water partition coefficient (Wildman–Crippen LogP) is 3.16. The first kappa shape index (κ1) is 13.6. The molecule has 1 aromatic carbocycles. The summed E-state index contributed by atoms with van der Waals surface area (Å²) in [5.74, 6) is 0. The van der Waals surface area contributed by atoms with Gasteiger partial charge in [0, 0.05) is 6.54 Å². The Balaban J connectivity index is 2.95. The monoisotopic (exact) mass is 250 g/mol. The number of nitrogens with zero attached hydrogens (tertiary/aromatic N) is 1. The summed E-state index contributed by atoms with van der Waals surface area (Å²) in [5, 5.41) is 2.68. The Bertz CT molecular complexity index is 443. The Morgan fingerprint density at radius 3 is 2.53 bits per heavy atom. The van der Waals surface area contributed by atoms with Crippen molar-refractivity contribution in [2.75, 3.05) is 10.8 Å². The van der Waals surface area contributed by atoms with E-state index < -0.39 is 0 Å². The van der Waals surface area contributed by atoms with Crippen LogP contribution in [0.2, 0.25) is 0 Å². The van der Waals surface area contributed by atoms with Crippen LogP contribution in [0.5, 0.6) is 0 Å². The zero-order chi connectivity index (χ0) is 13.0. The molecule has 0 radical (unpaired) electrons. The molecule has 0 saturated carbocycles. The lowest BCUT2D eigenvalue weighted by Gasteiger charge is -2.19. The molecule has 0 aliphatic heterocycles. The number of hydrogen-bond donors (Lipinski definition) is 2. The van der Waals surface area contributed by atoms with Gasteiger partial charge in [-0.25, -0.2) is 9.10 Å². The number of thiol groups is 1. The van der Waals surface area contributed by atoms with Crippen LogP contribution < -0.4 is 9.62 Å². The highest BCUT2D eigenvalue weighted by Gasteiger charge is 2.14. The second kappa shape index (κ2) is 5.77. The number of hydrogen-bond acceptors (Lipinski definition) is 2. The van der Waals surface area contributed by atoms with Crippen LogP contribution in [0.1, 0.15) is 16.7 Å². The fourth-order valence-electron chi connectivity index (χ4n) is 1.52. The molecule has 2 amide bonds. The minimum Gasteiger partial charge on any atom is -0.334 e. The number of carbonyl (C=O) groups excluding carboxylic acids is 1. The maximum atomic E-state index is 11.7. The van der Waals surface area contributed by atoms with Gasteiger partial charge in [0.25, 0.3) is 0 Å². The number of amides is 2. The van der Waals surface area contributed by atoms with Crippen molar-refractivity contribution in [1.82, 2.24) is 5.32 Å². The standard InChI is InChI=1S/C13H18N2OS/c1-5-6-14-13(16)15(17)12-8-10(3)9(2)7-11(12)4/h5,7-8,17H,1,6H2,2-4H3,(H,14,16). The molecule has 92 valence electrons. The number of urea groups is 1. The minimum absolute atomic E-state index is 0.250. The van der Waals surface area contributed by atoms with Gasteiger partial charge in [-0.05, 0) is 43.5 Å². The Labute approximate surface area is 108 Å². The molecule has 3 nitrogen and oxygen atoms in total. The van der Waals surface area contributed by atoms with Crippen molar-refractivity contribution in [3.8, 4) is 0 Å². The van der Waals surface area contributed by atoms with Gasteiger partial charge in [-0.1, -0.05) is 25.0 Å². The van der Waals surface area contributed by atoms with E-state index >= 15 is 0 Å². The molecule has 1 rings (SSSR count). The van der Waals surface area contributed by atoms with Crippen LogP contribution in [0, 0.1) is 20.8 Å². The molecule has 0 saturated heterocycles. The molecule has 0 fully saturated rings. The Morgan fingerprint density at radius 2 is 1.94 bits per heavy atom. The van der Waals surface area contributed by atoms with Crippen LogP contribution in [0.15, 0.2) is 24.8 Å². The average molecular weight is 250 g/mol. The van der Waals surface area contributed by atoms with Crippen LogP contribution in [0.4, 0.5) is 10.5 Å². The largest absolute Gasteiger partial charge is 0.334 e. The number of nitrogens with one attached hydrogen (secondary N) is 1. The van der Waals surface area contributed by atoms with Gasteiger partial charge in [0.15, 0.2) is 0 Å². The van der Waals surface area contributed by atoms with E-state index in [1.165, 1.54) is 9.87 Å². The third-order valence-electron chi connectivity index (χ3n) is 2.63. The van der Waals surface area contributed by atoms with Crippen molar-refractivity contribution in [1.29, 1.82) is 0 Å². The quantitative estimate of drug-likeness (QED) is 0.627. The Hall–Kier alpha value is -1.42. The zero-order valence-electron chi connectivity index (χ0n) is 10.4. The third-order valence-corrected chi connectivity index (χ3v) is 3.03. The van der Waals surface area contributed by atoms with Gasteiger partial charge >= 0.3 is 6.03 Å². The van der Waals surface area contributed by atoms with Gasteiger partial charge in [0.05, 0.1) is 5.69 Å². The van der Waals surface area contributed by atoms with Crippen molar-refractivity contribution in [2.45, 2.75) is 20.8 Å². The summed E-state index contributed by atoms with van der Waals surface area (Å²) < 4.78 is 1.32. The highest BCUT2D eigenvalue weighted by atomic mass is 32.1. The molecular formula is C13H18N2OS. The lowest BCUT2D eigenvalue weighted by atomic mass is 10.1. The van der Waals surface area contributed by atoms with Crippen molar-refractivity contribution in [3.05, 3.63) is 41.5 Å². The van der Waals surface area contributed by atoms with Gasteiger partial charge in [-0.2, -0.15) is 0 Å². The highest BCUT2D eigenvalue weighted by molar-refractivity contribution is 7.82. The topological polar surface area (TPSA) is 32.3 Å². The van der Waals surface area contributed by atoms with E-state index in [0.717, 1.165) is 16.8 Å². The number of rotatable bonds is 3. The van der Waals surface area contributed by atoms with Crippen molar-refractivity contribution >= 4 is 24.5 Å². The summed E-state index contributed by atoms with van der Waals surface area (Å²) in [6.07, 6.45) is 1.63. The summed E-state index contributed by atoms with van der Waals surface area (Å²) in [6.45, 7) is 10.0. The molecule has 17 heavy (non-hydrogen) atoms. The minimum atomic E-state index is -0.250. The summed E-state index contributed by atoms with van der Waals surface area (Å²) >= 11 is 4.23. The number of benzene rings is 1. The van der Waals surface area contributed by atoms with Crippen LogP contribution in [0.25, 0.3) is 0 Å². The van der Waals surface area contributed by atoms with E-state index in [-0.39, 0.29) is 6.03 Å². The van der Waals surface area contributed by atoms with E-state index in [0.29, 0.717) is 6.54 Å². The molecule has 0 aliphatic carbocycles. The lowest BCUT2D eigenvalue weighted by Crippen LogP contribution is -2.34. The van der Waals surface area contributed by atoms with Gasteiger partial charge in [-0.3, -0.25) is 0 Å². The van der Waals surface area contributed by atoms with Crippen molar-refractivity contribution in [3.63, 3.8) is 0 Å². The summed E-state index contributed by atoms with van der Waals surface area (Å²) in [6, 6.07) is 3.76. The molecule has 0 bridgehead atoms. The summed E-state index contributed by atoms with van der Waals surface area (Å²) in [4.78, 5) is 11.7. The first-order valence-electron chi connectivity index (χ1n) is 5.43. The van der Waals surface area contributed by atoms with E-state index in [2.05, 4.69) is 30.8 Å². The molecule has 4 heteroatoms. The second-order valence-electron chi connectivity index (χ2n) is 4.01. The second-order valence-corrected chi connectivity index (χ2v) is 4.41. The van der Waals surface area contributed by atoms with E-state index in [9.17, 15) is 4.79 Å². The first-order chi connectivity index (χ1) is 7.97. The smallest absolute Gasteiger partial charge is 0.332 e. The first-order valence-corrected chi connectivity index (χ1v) is 5.83. The number of aryl methyl sites for hydroxylation is 3. The Morgan fingerprint density at radius 1 is 1.35 bits per heavy atom. The average Bonchev–Trinajstić information content (AvgIpc) is 2.29. The number of carbonyl (C=O) groups is 1. The van der Waals surface area contributed by atoms with Crippen LogP contribution in [0.3, 0.4) is 0 Å². The molecule has 1 N–H and O–H groups in total. The normalized spacial score (nSPS) is 9.88. The third kappa shape index (κ3) is 3.27. The molecule has 0 heterocycles. The predicted molar refractivity (Wildman–Crippen MR) is 75.7 cm³/mol. The molecule has 0 aliphatic rings. The molecule has 1 aromatic rings. The summed E-state index contributed by atoms with van der Waals surface area (Å²) in [7, 11) is 0. The summed E-state index contributed by atoms with van der Waals surface area (Å²) in [5.41, 5.74) is 4.18. The molecule has 0 atom stereocenters. The highest BCUT2D eigenvalue weighted by Crippen LogP contribution is 2.25. The van der Waals surface area contributed by atoms with E-state index in [1.807, 2.05) is 26.8 Å². The maximum Gasteiger partial charge on any atom is 0.332 e. The van der Waals surface area contributed by atoms with Gasteiger partial charge in [0.2, 0.25) is 0 Å². The van der Waals surface area contributed by atoms with E-state index in [4.69, 9.17) is 0 Å². The van der Waals surface area contributed by atoms with Crippen LogP contribution >= 0.6 is 12.8 Å². The maximum absolute atomic E-state index is 11.7. The zero-order valence-corrected chi connectivity index (χ0v) is 11.3. The molecular weight excluding hydrogens is 232 g/mol. The molecule has 0 spiro atoms. The van der Waals surface area contributed by atoms with Gasteiger partial charge < -0.3 is 5.32 Å². The van der Waals surface area contributed by atoms with Crippen LogP contribution in [-0.4, -0.2) is 12.6 Å². The van der Waals surface area contributed by atoms with E-state index in [1.54, 1.807) is 6.08 Å². The molecule has 0 unspecified atom stereocenters. The fraction of sp³-hybridized carbons (Fsp3) is 0.308. The van der Waals surface area contributed by atoms with Crippen molar-refractivity contribution in [2.24, 2.45) is 0 Å². The number of anilines is 1. The lowest BCUT2D eigenvalue weighted by molar-refractivity contribution is 0.251. The van der Waals surface area contributed by atoms with Gasteiger partial charge in [0.1, 0.15) is 0 Å². The molecule has 0 aromatic heterocycles. The Kier molecular flexibility index (Phi) is 4.63.